The molecule has 3 aromatic carbocycles. The van der Waals surface area contributed by atoms with Gasteiger partial charge in [-0.1, -0.05) is 55.5 Å². The summed E-state index contributed by atoms with van der Waals surface area (Å²) < 4.78 is 28.9. The monoisotopic (exact) mass is 436 g/mol. The number of nitrogens with zero attached hydrogens (tertiary/aromatic N) is 1. The molecule has 5 nitrogen and oxygen atoms in total. The molecule has 6 heteroatoms. The molecule has 0 spiro atoms. The summed E-state index contributed by atoms with van der Waals surface area (Å²) in [5, 5.41) is 4.94. The van der Waals surface area contributed by atoms with Crippen LogP contribution in [-0.2, 0) is 14.8 Å². The number of carbonyl (C=O) groups is 1. The molecule has 0 aliphatic carbocycles. The minimum Gasteiger partial charge on any atom is -0.353 e. The predicted octanol–water partition coefficient (Wildman–Crippen LogP) is 4.83. The van der Waals surface area contributed by atoms with E-state index in [9.17, 15) is 13.2 Å². The maximum absolute atomic E-state index is 13.7. The minimum absolute atomic E-state index is 0.0450. The number of para-hydroxylation sites is 1. The Hall–Kier alpha value is -2.86. The third-order valence-corrected chi connectivity index (χ3v) is 8.05. The summed E-state index contributed by atoms with van der Waals surface area (Å²) in [5.41, 5.74) is 1.34. The van der Waals surface area contributed by atoms with Gasteiger partial charge in [-0.15, -0.1) is 0 Å². The fraction of sp³-hybridized carbons (Fsp3) is 0.320. The van der Waals surface area contributed by atoms with E-state index in [1.165, 1.54) is 4.31 Å². The number of hydrogen-bond donors (Lipinski definition) is 1. The largest absolute Gasteiger partial charge is 0.353 e. The normalized spacial score (nSPS) is 19.6. The van der Waals surface area contributed by atoms with Gasteiger partial charge in [0, 0.05) is 12.1 Å². The standard InChI is InChI=1S/C25H28N2O3S/c1-4-17(2)26-25(28)23-15-18(3)27(24-12-8-7-11-22(23)24)31(29,30)21-14-13-19-9-5-6-10-20(19)16-21/h5-14,16-18,23H,4,15H2,1-3H3,(H,26,28)/t17-,18+,23+/m1/s1. The Kier molecular flexibility index (Phi) is 5.75. The summed E-state index contributed by atoms with van der Waals surface area (Å²) in [6.45, 7) is 5.88. The van der Waals surface area contributed by atoms with Gasteiger partial charge in [0.15, 0.2) is 0 Å². The number of hydrogen-bond acceptors (Lipinski definition) is 3. The Bertz CT molecular complexity index is 1220. The number of anilines is 1. The Morgan fingerprint density at radius 3 is 2.48 bits per heavy atom. The molecule has 1 heterocycles. The topological polar surface area (TPSA) is 66.5 Å². The van der Waals surface area contributed by atoms with Crippen molar-refractivity contribution in [2.45, 2.75) is 56.5 Å². The van der Waals surface area contributed by atoms with E-state index in [1.54, 1.807) is 18.2 Å². The van der Waals surface area contributed by atoms with Crippen LogP contribution < -0.4 is 9.62 Å². The molecule has 0 bridgehead atoms. The van der Waals surface area contributed by atoms with Crippen molar-refractivity contribution in [3.63, 3.8) is 0 Å². The highest BCUT2D eigenvalue weighted by atomic mass is 32.2. The van der Waals surface area contributed by atoms with Gasteiger partial charge in [-0.2, -0.15) is 0 Å². The van der Waals surface area contributed by atoms with Crippen molar-refractivity contribution in [2.24, 2.45) is 0 Å². The SMILES string of the molecule is CC[C@@H](C)NC(=O)[C@H]1C[C@H](C)N(S(=O)(=O)c2ccc3ccccc3c2)c2ccccc21. The molecule has 31 heavy (non-hydrogen) atoms. The van der Waals surface area contributed by atoms with E-state index < -0.39 is 10.0 Å². The highest BCUT2D eigenvalue weighted by molar-refractivity contribution is 7.92. The first kappa shape index (κ1) is 21.4. The van der Waals surface area contributed by atoms with E-state index in [0.29, 0.717) is 12.1 Å². The third-order valence-electron chi connectivity index (χ3n) is 6.12. The van der Waals surface area contributed by atoms with E-state index in [0.717, 1.165) is 22.8 Å². The summed E-state index contributed by atoms with van der Waals surface area (Å²) in [6, 6.07) is 20.0. The second kappa shape index (κ2) is 8.35. The van der Waals surface area contributed by atoms with Gasteiger partial charge < -0.3 is 5.32 Å². The van der Waals surface area contributed by atoms with Crippen LogP contribution in [0.1, 0.15) is 45.1 Å². The van der Waals surface area contributed by atoms with Crippen LogP contribution in [0.2, 0.25) is 0 Å². The molecule has 1 aliphatic rings. The van der Waals surface area contributed by atoms with Gasteiger partial charge in [-0.3, -0.25) is 9.10 Å². The Morgan fingerprint density at radius 2 is 1.74 bits per heavy atom. The van der Waals surface area contributed by atoms with Gasteiger partial charge in [0.05, 0.1) is 16.5 Å². The van der Waals surface area contributed by atoms with Crippen LogP contribution in [-0.4, -0.2) is 26.4 Å². The van der Waals surface area contributed by atoms with Crippen molar-refractivity contribution in [1.82, 2.24) is 5.32 Å². The van der Waals surface area contributed by atoms with Gasteiger partial charge in [0.1, 0.15) is 0 Å². The van der Waals surface area contributed by atoms with E-state index in [1.807, 2.05) is 69.3 Å². The van der Waals surface area contributed by atoms with Crippen molar-refractivity contribution in [3.05, 3.63) is 72.3 Å². The second-order valence-electron chi connectivity index (χ2n) is 8.32. The number of carbonyl (C=O) groups excluding carboxylic acids is 1. The summed E-state index contributed by atoms with van der Waals surface area (Å²) in [6.07, 6.45) is 1.28. The first-order valence-electron chi connectivity index (χ1n) is 10.8. The molecule has 1 N–H and O–H groups in total. The zero-order valence-corrected chi connectivity index (χ0v) is 18.9. The number of fused-ring (bicyclic) bond motifs is 2. The van der Waals surface area contributed by atoms with Crippen LogP contribution in [0.4, 0.5) is 5.69 Å². The van der Waals surface area contributed by atoms with Crippen molar-refractivity contribution in [2.75, 3.05) is 4.31 Å². The molecular formula is C25H28N2O3S. The van der Waals surface area contributed by atoms with Gasteiger partial charge in [-0.25, -0.2) is 8.42 Å². The van der Waals surface area contributed by atoms with Crippen molar-refractivity contribution < 1.29 is 13.2 Å². The lowest BCUT2D eigenvalue weighted by Gasteiger charge is -2.39. The molecular weight excluding hydrogens is 408 g/mol. The number of benzene rings is 3. The van der Waals surface area contributed by atoms with Gasteiger partial charge in [0.2, 0.25) is 5.91 Å². The highest BCUT2D eigenvalue weighted by Gasteiger charge is 2.40. The first-order chi connectivity index (χ1) is 14.8. The lowest BCUT2D eigenvalue weighted by atomic mass is 9.86. The lowest BCUT2D eigenvalue weighted by Crippen LogP contribution is -2.46. The molecule has 0 radical (unpaired) electrons. The van der Waals surface area contributed by atoms with E-state index in [-0.39, 0.29) is 28.8 Å². The summed E-state index contributed by atoms with van der Waals surface area (Å²) in [5.74, 6) is -0.417. The van der Waals surface area contributed by atoms with E-state index >= 15 is 0 Å². The summed E-state index contributed by atoms with van der Waals surface area (Å²) >= 11 is 0. The second-order valence-corrected chi connectivity index (χ2v) is 10.1. The van der Waals surface area contributed by atoms with Gasteiger partial charge in [-0.05, 0) is 61.2 Å². The van der Waals surface area contributed by atoms with Crippen molar-refractivity contribution in [3.8, 4) is 0 Å². The predicted molar refractivity (Wildman–Crippen MR) is 125 cm³/mol. The van der Waals surface area contributed by atoms with Crippen LogP contribution in [0.5, 0.6) is 0 Å². The average molecular weight is 437 g/mol. The Balaban J connectivity index is 1.76. The molecule has 4 rings (SSSR count). The molecule has 0 saturated carbocycles. The summed E-state index contributed by atoms with van der Waals surface area (Å²) in [4.78, 5) is 13.2. The summed E-state index contributed by atoms with van der Waals surface area (Å²) in [7, 11) is -3.79. The highest BCUT2D eigenvalue weighted by Crippen LogP contribution is 2.41. The third kappa shape index (κ3) is 3.92. The maximum Gasteiger partial charge on any atom is 0.264 e. The molecule has 0 unspecified atom stereocenters. The van der Waals surface area contributed by atoms with Crippen LogP contribution in [0, 0.1) is 0 Å². The van der Waals surface area contributed by atoms with Crippen LogP contribution >= 0.6 is 0 Å². The zero-order valence-electron chi connectivity index (χ0n) is 18.1. The molecule has 3 atom stereocenters. The molecule has 162 valence electrons. The first-order valence-corrected chi connectivity index (χ1v) is 12.2. The minimum atomic E-state index is -3.79. The number of nitrogens with one attached hydrogen (secondary N) is 1. The number of rotatable bonds is 5. The van der Waals surface area contributed by atoms with Crippen molar-refractivity contribution in [1.29, 1.82) is 0 Å². The van der Waals surface area contributed by atoms with Gasteiger partial charge in [0.25, 0.3) is 10.0 Å². The lowest BCUT2D eigenvalue weighted by molar-refractivity contribution is -0.123. The smallest absolute Gasteiger partial charge is 0.264 e. The number of amides is 1. The number of sulfonamides is 1. The van der Waals surface area contributed by atoms with Crippen LogP contribution in [0.25, 0.3) is 10.8 Å². The van der Waals surface area contributed by atoms with E-state index in [4.69, 9.17) is 0 Å². The average Bonchev–Trinajstić information content (AvgIpc) is 2.77. The molecule has 3 aromatic rings. The van der Waals surface area contributed by atoms with E-state index in [2.05, 4.69) is 5.32 Å². The van der Waals surface area contributed by atoms with Gasteiger partial charge >= 0.3 is 0 Å². The van der Waals surface area contributed by atoms with Crippen LogP contribution in [0.15, 0.2) is 71.6 Å². The maximum atomic E-state index is 13.7. The molecule has 0 fully saturated rings. The van der Waals surface area contributed by atoms with Crippen LogP contribution in [0.3, 0.4) is 0 Å². The molecule has 1 amide bonds. The zero-order chi connectivity index (χ0) is 22.2. The Morgan fingerprint density at radius 1 is 1.06 bits per heavy atom. The quantitative estimate of drug-likeness (QED) is 0.623. The van der Waals surface area contributed by atoms with Crippen molar-refractivity contribution >= 4 is 32.4 Å². The fourth-order valence-electron chi connectivity index (χ4n) is 4.29. The fourth-order valence-corrected chi connectivity index (χ4v) is 6.01. The molecule has 0 saturated heterocycles. The molecule has 0 aromatic heterocycles. The molecule has 1 aliphatic heterocycles. The Labute approximate surface area is 184 Å².